The third-order valence-corrected chi connectivity index (χ3v) is 5.49. The fourth-order valence-corrected chi connectivity index (χ4v) is 4.69. The van der Waals surface area contributed by atoms with Gasteiger partial charge < -0.3 is 5.11 Å². The van der Waals surface area contributed by atoms with Gasteiger partial charge in [0.25, 0.3) is 0 Å². The van der Waals surface area contributed by atoms with Gasteiger partial charge in [0.15, 0.2) is 11.5 Å². The Kier molecular flexibility index (Phi) is 3.19. The third kappa shape index (κ3) is 2.23. The number of aromatic nitrogens is 4. The standard InChI is InChI=1S/C16H16N4O2S/c1-8-4-3-5-10-13(8)14-15-18-11(6-7-12(21)22)19-20(15)9(2)17-16(14)23-10/h6-8H,3-5H2,1-2H3,(H,21,22)/b7-6-/t8-/m0/s1. The van der Waals surface area contributed by atoms with E-state index in [0.29, 0.717) is 11.7 Å². The minimum absolute atomic E-state index is 0.396. The molecule has 1 aliphatic carbocycles. The van der Waals surface area contributed by atoms with Crippen LogP contribution in [0.25, 0.3) is 21.9 Å². The van der Waals surface area contributed by atoms with Gasteiger partial charge in [-0.15, -0.1) is 16.4 Å². The first-order chi connectivity index (χ1) is 11.0. The van der Waals surface area contributed by atoms with Crippen LogP contribution in [-0.4, -0.2) is 30.7 Å². The Labute approximate surface area is 136 Å². The average molecular weight is 328 g/mol. The van der Waals surface area contributed by atoms with Crippen LogP contribution in [0.1, 0.15) is 47.8 Å². The highest BCUT2D eigenvalue weighted by atomic mass is 32.1. The number of hydrogen-bond donors (Lipinski definition) is 1. The molecule has 23 heavy (non-hydrogen) atoms. The Morgan fingerprint density at radius 3 is 3.04 bits per heavy atom. The molecule has 4 rings (SSSR count). The van der Waals surface area contributed by atoms with Crippen LogP contribution in [0.2, 0.25) is 0 Å². The zero-order chi connectivity index (χ0) is 16.1. The number of carbonyl (C=O) groups is 1. The maximum absolute atomic E-state index is 10.7. The Balaban J connectivity index is 2.03. The van der Waals surface area contributed by atoms with Gasteiger partial charge in [0, 0.05) is 11.0 Å². The van der Waals surface area contributed by atoms with E-state index in [0.717, 1.165) is 34.2 Å². The van der Waals surface area contributed by atoms with Gasteiger partial charge in [-0.2, -0.15) is 4.52 Å². The van der Waals surface area contributed by atoms with E-state index in [1.807, 2.05) is 6.92 Å². The van der Waals surface area contributed by atoms with Gasteiger partial charge in [-0.1, -0.05) is 6.92 Å². The monoisotopic (exact) mass is 328 g/mol. The molecule has 118 valence electrons. The summed E-state index contributed by atoms with van der Waals surface area (Å²) in [6, 6.07) is 0. The first-order valence-electron chi connectivity index (χ1n) is 7.64. The maximum atomic E-state index is 10.7. The van der Waals surface area contributed by atoms with Crippen molar-refractivity contribution in [2.75, 3.05) is 0 Å². The summed E-state index contributed by atoms with van der Waals surface area (Å²) in [6.45, 7) is 4.15. The first kappa shape index (κ1) is 14.3. The first-order valence-corrected chi connectivity index (χ1v) is 8.46. The lowest BCUT2D eigenvalue weighted by Gasteiger charge is -2.18. The van der Waals surface area contributed by atoms with E-state index in [1.165, 1.54) is 29.4 Å². The fraction of sp³-hybridized carbons (Fsp3) is 0.375. The molecule has 3 aromatic rings. The van der Waals surface area contributed by atoms with Gasteiger partial charge in [-0.25, -0.2) is 14.8 Å². The number of aryl methyl sites for hydroxylation is 2. The van der Waals surface area contributed by atoms with Crippen molar-refractivity contribution in [2.45, 2.75) is 39.0 Å². The van der Waals surface area contributed by atoms with Crippen LogP contribution in [0.5, 0.6) is 0 Å². The molecule has 0 aromatic carbocycles. The summed E-state index contributed by atoms with van der Waals surface area (Å²) in [4.78, 5) is 22.4. The number of carboxylic acids is 1. The van der Waals surface area contributed by atoms with Crippen molar-refractivity contribution in [2.24, 2.45) is 0 Å². The molecule has 0 saturated carbocycles. The number of carboxylic acid groups (broad SMARTS) is 1. The van der Waals surface area contributed by atoms with Crippen molar-refractivity contribution in [1.29, 1.82) is 0 Å². The van der Waals surface area contributed by atoms with Crippen LogP contribution in [0.15, 0.2) is 6.08 Å². The molecule has 0 unspecified atom stereocenters. The SMILES string of the molecule is Cc1nc2sc3c(c2c2nc(/C=C\C(=O)O)nn12)[C@@H](C)CCC3. The van der Waals surface area contributed by atoms with Crippen molar-refractivity contribution in [3.8, 4) is 0 Å². The van der Waals surface area contributed by atoms with Crippen molar-refractivity contribution < 1.29 is 9.90 Å². The minimum atomic E-state index is -1.01. The molecular weight excluding hydrogens is 312 g/mol. The van der Waals surface area contributed by atoms with E-state index in [1.54, 1.807) is 15.9 Å². The molecule has 0 amide bonds. The molecule has 7 heteroatoms. The van der Waals surface area contributed by atoms with Crippen molar-refractivity contribution in [3.63, 3.8) is 0 Å². The van der Waals surface area contributed by atoms with Gasteiger partial charge in [0.1, 0.15) is 10.7 Å². The second kappa shape index (κ2) is 5.13. The highest BCUT2D eigenvalue weighted by molar-refractivity contribution is 7.19. The summed E-state index contributed by atoms with van der Waals surface area (Å²) in [5.74, 6) is 0.648. The lowest BCUT2D eigenvalue weighted by atomic mass is 9.87. The van der Waals surface area contributed by atoms with Crippen LogP contribution in [0, 0.1) is 6.92 Å². The number of rotatable bonds is 2. The van der Waals surface area contributed by atoms with Gasteiger partial charge >= 0.3 is 5.97 Å². The number of nitrogens with zero attached hydrogens (tertiary/aromatic N) is 4. The minimum Gasteiger partial charge on any atom is -0.478 e. The van der Waals surface area contributed by atoms with Crippen LogP contribution < -0.4 is 0 Å². The molecule has 1 aliphatic rings. The summed E-state index contributed by atoms with van der Waals surface area (Å²) in [6.07, 6.45) is 5.98. The fourth-order valence-electron chi connectivity index (χ4n) is 3.32. The molecule has 0 fully saturated rings. The number of hydrogen-bond acceptors (Lipinski definition) is 5. The van der Waals surface area contributed by atoms with E-state index < -0.39 is 5.97 Å². The van der Waals surface area contributed by atoms with Crippen molar-refractivity contribution >= 4 is 39.2 Å². The van der Waals surface area contributed by atoms with E-state index in [2.05, 4.69) is 17.0 Å². The van der Waals surface area contributed by atoms with Gasteiger partial charge in [0.05, 0.1) is 5.39 Å². The molecule has 3 aromatic heterocycles. The molecule has 0 spiro atoms. The summed E-state index contributed by atoms with van der Waals surface area (Å²) in [7, 11) is 0. The lowest BCUT2D eigenvalue weighted by molar-refractivity contribution is -0.131. The normalized spacial score (nSPS) is 18.1. The Hall–Kier alpha value is -2.28. The van der Waals surface area contributed by atoms with Crippen molar-refractivity contribution in [3.05, 3.63) is 28.2 Å². The second-order valence-electron chi connectivity index (χ2n) is 5.95. The van der Waals surface area contributed by atoms with Crippen LogP contribution in [0.3, 0.4) is 0 Å². The smallest absolute Gasteiger partial charge is 0.328 e. The summed E-state index contributed by atoms with van der Waals surface area (Å²) >= 11 is 1.76. The molecule has 0 saturated heterocycles. The van der Waals surface area contributed by atoms with Gasteiger partial charge in [-0.3, -0.25) is 0 Å². The van der Waals surface area contributed by atoms with Gasteiger partial charge in [-0.05, 0) is 43.7 Å². The summed E-state index contributed by atoms with van der Waals surface area (Å²) < 4.78 is 1.72. The predicted molar refractivity (Wildman–Crippen MR) is 88.9 cm³/mol. The molecule has 0 bridgehead atoms. The number of fused-ring (bicyclic) bond motifs is 5. The lowest BCUT2D eigenvalue weighted by Crippen LogP contribution is -2.05. The Morgan fingerprint density at radius 2 is 2.26 bits per heavy atom. The number of aliphatic carboxylic acids is 1. The Morgan fingerprint density at radius 1 is 1.43 bits per heavy atom. The second-order valence-corrected chi connectivity index (χ2v) is 7.03. The summed E-state index contributed by atoms with van der Waals surface area (Å²) in [5.41, 5.74) is 2.14. The highest BCUT2D eigenvalue weighted by Gasteiger charge is 2.25. The zero-order valence-corrected chi connectivity index (χ0v) is 13.7. The molecule has 1 N–H and O–H groups in total. The van der Waals surface area contributed by atoms with Gasteiger partial charge in [0.2, 0.25) is 0 Å². The predicted octanol–water partition coefficient (Wildman–Crippen LogP) is 3.19. The zero-order valence-electron chi connectivity index (χ0n) is 12.9. The quantitative estimate of drug-likeness (QED) is 0.731. The molecule has 3 heterocycles. The molecule has 0 aliphatic heterocycles. The highest BCUT2D eigenvalue weighted by Crippen LogP contribution is 2.42. The maximum Gasteiger partial charge on any atom is 0.328 e. The van der Waals surface area contributed by atoms with E-state index >= 15 is 0 Å². The Bertz CT molecular complexity index is 970. The summed E-state index contributed by atoms with van der Waals surface area (Å²) in [5, 5.41) is 14.2. The third-order valence-electron chi connectivity index (χ3n) is 4.33. The van der Waals surface area contributed by atoms with E-state index in [-0.39, 0.29) is 0 Å². The number of thiophene rings is 1. The van der Waals surface area contributed by atoms with E-state index in [4.69, 9.17) is 10.1 Å². The van der Waals surface area contributed by atoms with Crippen LogP contribution >= 0.6 is 11.3 Å². The molecule has 1 atom stereocenters. The molecule has 0 radical (unpaired) electrons. The van der Waals surface area contributed by atoms with E-state index in [9.17, 15) is 4.79 Å². The molecule has 6 nitrogen and oxygen atoms in total. The van der Waals surface area contributed by atoms with Crippen LogP contribution in [0.4, 0.5) is 0 Å². The van der Waals surface area contributed by atoms with Crippen LogP contribution in [-0.2, 0) is 11.2 Å². The molecular formula is C16H16N4O2S. The average Bonchev–Trinajstić information content (AvgIpc) is 3.06. The largest absolute Gasteiger partial charge is 0.478 e. The topological polar surface area (TPSA) is 80.4 Å². The van der Waals surface area contributed by atoms with Crippen molar-refractivity contribution in [1.82, 2.24) is 19.6 Å².